The van der Waals surface area contributed by atoms with Crippen molar-refractivity contribution in [2.24, 2.45) is 0 Å². The summed E-state index contributed by atoms with van der Waals surface area (Å²) in [6.45, 7) is 4.03. The van der Waals surface area contributed by atoms with Gasteiger partial charge in [-0.15, -0.1) is 0 Å². The van der Waals surface area contributed by atoms with Crippen LogP contribution in [0.4, 0.5) is 0 Å². The van der Waals surface area contributed by atoms with Gasteiger partial charge in [0.2, 0.25) is 0 Å². The van der Waals surface area contributed by atoms with E-state index in [1.165, 1.54) is 17.8 Å². The molecule has 2 N–H and O–H groups in total. The molecule has 2 heterocycles. The number of hydrogen-bond acceptors (Lipinski definition) is 2. The highest BCUT2D eigenvalue weighted by molar-refractivity contribution is 5.89. The molecule has 0 bridgehead atoms. The third-order valence-electron chi connectivity index (χ3n) is 3.66. The molecule has 5 nitrogen and oxygen atoms in total. The molecule has 1 aromatic carbocycles. The lowest BCUT2D eigenvalue weighted by Crippen LogP contribution is -2.09. The molecular weight excluding hydrogens is 268 g/mol. The lowest BCUT2D eigenvalue weighted by Gasteiger charge is -2.06. The van der Waals surface area contributed by atoms with Crippen molar-refractivity contribution < 1.29 is 9.90 Å². The van der Waals surface area contributed by atoms with Crippen LogP contribution in [-0.4, -0.2) is 20.5 Å². The largest absolute Gasteiger partial charge is 0.478 e. The van der Waals surface area contributed by atoms with Crippen LogP contribution in [0.1, 0.15) is 21.5 Å². The third kappa shape index (κ3) is 2.23. The normalized spacial score (nSPS) is 11.0. The van der Waals surface area contributed by atoms with Crippen molar-refractivity contribution in [2.45, 2.75) is 13.8 Å². The maximum atomic E-state index is 12.1. The molecule has 21 heavy (non-hydrogen) atoms. The van der Waals surface area contributed by atoms with Crippen LogP contribution in [0.3, 0.4) is 0 Å². The molecule has 0 saturated carbocycles. The van der Waals surface area contributed by atoms with E-state index in [1.807, 2.05) is 32.0 Å². The topological polar surface area (TPSA) is 74.6 Å². The minimum absolute atomic E-state index is 0.0951. The molecule has 3 aromatic rings. The summed E-state index contributed by atoms with van der Waals surface area (Å²) >= 11 is 0. The Bertz CT molecular complexity index is 919. The molecule has 0 aliphatic rings. The van der Waals surface area contributed by atoms with E-state index in [4.69, 9.17) is 5.11 Å². The number of carbonyl (C=O) groups is 1. The summed E-state index contributed by atoms with van der Waals surface area (Å²) in [6.07, 6.45) is 3.17. The van der Waals surface area contributed by atoms with Crippen molar-refractivity contribution in [3.63, 3.8) is 0 Å². The Kier molecular flexibility index (Phi) is 2.90. The number of rotatable bonds is 2. The van der Waals surface area contributed by atoms with Crippen molar-refractivity contribution in [2.75, 3.05) is 0 Å². The first-order valence-electron chi connectivity index (χ1n) is 6.51. The van der Waals surface area contributed by atoms with Crippen molar-refractivity contribution in [3.8, 4) is 11.3 Å². The van der Waals surface area contributed by atoms with Gasteiger partial charge in [0.25, 0.3) is 5.56 Å². The van der Waals surface area contributed by atoms with Crippen LogP contribution in [0.15, 0.2) is 41.5 Å². The number of H-pyrrole nitrogens is 1. The molecule has 0 spiro atoms. The van der Waals surface area contributed by atoms with Gasteiger partial charge in [-0.1, -0.05) is 12.1 Å². The second kappa shape index (κ2) is 4.63. The molecule has 0 radical (unpaired) electrons. The average Bonchev–Trinajstić information content (AvgIpc) is 2.86. The first-order valence-corrected chi connectivity index (χ1v) is 6.51. The Labute approximate surface area is 120 Å². The van der Waals surface area contributed by atoms with Crippen LogP contribution in [0.25, 0.3) is 16.8 Å². The van der Waals surface area contributed by atoms with E-state index in [2.05, 4.69) is 4.98 Å². The fourth-order valence-electron chi connectivity index (χ4n) is 2.30. The van der Waals surface area contributed by atoms with Gasteiger partial charge in [-0.05, 0) is 42.7 Å². The van der Waals surface area contributed by atoms with E-state index in [0.717, 1.165) is 11.1 Å². The smallest absolute Gasteiger partial charge is 0.337 e. The fraction of sp³-hybridized carbons (Fsp3) is 0.125. The molecule has 106 valence electrons. The number of benzene rings is 1. The number of carboxylic acid groups (broad SMARTS) is 1. The van der Waals surface area contributed by atoms with E-state index < -0.39 is 5.97 Å². The molecule has 0 unspecified atom stereocenters. The van der Waals surface area contributed by atoms with Crippen molar-refractivity contribution >= 4 is 11.5 Å². The Balaban J connectivity index is 2.22. The SMILES string of the molecule is Cc1ccc(-c2cn3cc(C(=O)O)cc3c(=O)[nH]2)cc1C. The minimum atomic E-state index is -1.05. The predicted molar refractivity (Wildman–Crippen MR) is 79.9 cm³/mol. The zero-order valence-corrected chi connectivity index (χ0v) is 11.7. The van der Waals surface area contributed by atoms with Crippen LogP contribution in [0.5, 0.6) is 0 Å². The summed E-state index contributed by atoms with van der Waals surface area (Å²) in [7, 11) is 0. The van der Waals surface area contributed by atoms with Crippen molar-refractivity contribution in [1.82, 2.24) is 9.38 Å². The Morgan fingerprint density at radius 1 is 1.14 bits per heavy atom. The number of aromatic amines is 1. The van der Waals surface area contributed by atoms with Crippen molar-refractivity contribution in [1.29, 1.82) is 0 Å². The molecule has 5 heteroatoms. The standard InChI is InChI=1S/C16H14N2O3/c1-9-3-4-11(5-10(9)2)13-8-18-7-12(16(20)21)6-14(18)15(19)17-13/h3-8H,1-2H3,(H,17,19)(H,20,21). The van der Waals surface area contributed by atoms with Crippen LogP contribution < -0.4 is 5.56 Å². The predicted octanol–water partition coefficient (Wildman–Crippen LogP) is 2.61. The second-order valence-electron chi connectivity index (χ2n) is 5.12. The summed E-state index contributed by atoms with van der Waals surface area (Å²) in [4.78, 5) is 25.9. The Hall–Kier alpha value is -2.82. The Morgan fingerprint density at radius 3 is 2.57 bits per heavy atom. The summed E-state index contributed by atoms with van der Waals surface area (Å²) < 4.78 is 1.55. The van der Waals surface area contributed by atoms with Crippen molar-refractivity contribution in [3.05, 3.63) is 63.7 Å². The number of aromatic nitrogens is 2. The number of nitrogens with one attached hydrogen (secondary N) is 1. The van der Waals surface area contributed by atoms with Gasteiger partial charge < -0.3 is 14.5 Å². The van der Waals surface area contributed by atoms with Gasteiger partial charge in [0, 0.05) is 12.4 Å². The van der Waals surface area contributed by atoms with Gasteiger partial charge >= 0.3 is 5.97 Å². The number of hydrogen-bond donors (Lipinski definition) is 2. The second-order valence-corrected chi connectivity index (χ2v) is 5.12. The number of fused-ring (bicyclic) bond motifs is 1. The summed E-state index contributed by atoms with van der Waals surface area (Å²) in [6, 6.07) is 7.28. The van der Waals surface area contributed by atoms with Crippen LogP contribution in [0, 0.1) is 13.8 Å². The van der Waals surface area contributed by atoms with E-state index in [0.29, 0.717) is 11.2 Å². The highest BCUT2D eigenvalue weighted by Gasteiger charge is 2.11. The highest BCUT2D eigenvalue weighted by atomic mass is 16.4. The van der Waals surface area contributed by atoms with Gasteiger partial charge in [-0.3, -0.25) is 4.79 Å². The number of nitrogens with zero attached hydrogens (tertiary/aromatic N) is 1. The molecule has 0 fully saturated rings. The fourth-order valence-corrected chi connectivity index (χ4v) is 2.30. The first kappa shape index (κ1) is 13.2. The minimum Gasteiger partial charge on any atom is -0.478 e. The van der Waals surface area contributed by atoms with Gasteiger partial charge in [0.15, 0.2) is 0 Å². The summed E-state index contributed by atoms with van der Waals surface area (Å²) in [5.74, 6) is -1.05. The van der Waals surface area contributed by atoms with Gasteiger partial charge in [-0.2, -0.15) is 0 Å². The maximum absolute atomic E-state index is 12.1. The molecule has 3 rings (SSSR count). The maximum Gasteiger partial charge on any atom is 0.337 e. The first-order chi connectivity index (χ1) is 9.95. The Morgan fingerprint density at radius 2 is 1.90 bits per heavy atom. The molecule has 2 aromatic heterocycles. The van der Waals surface area contributed by atoms with Gasteiger partial charge in [0.1, 0.15) is 5.52 Å². The number of aromatic carboxylic acids is 1. The zero-order chi connectivity index (χ0) is 15.1. The molecule has 0 amide bonds. The van der Waals surface area contributed by atoms with E-state index in [-0.39, 0.29) is 11.1 Å². The average molecular weight is 282 g/mol. The lowest BCUT2D eigenvalue weighted by molar-refractivity contribution is 0.0697. The molecule has 0 aliphatic carbocycles. The van der Waals surface area contributed by atoms with E-state index in [9.17, 15) is 9.59 Å². The van der Waals surface area contributed by atoms with Gasteiger partial charge in [0.05, 0.1) is 11.3 Å². The third-order valence-corrected chi connectivity index (χ3v) is 3.66. The monoisotopic (exact) mass is 282 g/mol. The quantitative estimate of drug-likeness (QED) is 0.758. The lowest BCUT2D eigenvalue weighted by atomic mass is 10.0. The van der Waals surface area contributed by atoms with E-state index in [1.54, 1.807) is 10.6 Å². The van der Waals surface area contributed by atoms with Crippen LogP contribution in [0.2, 0.25) is 0 Å². The molecule has 0 saturated heterocycles. The summed E-state index contributed by atoms with van der Waals surface area (Å²) in [5.41, 5.74) is 3.96. The van der Waals surface area contributed by atoms with Crippen LogP contribution >= 0.6 is 0 Å². The molecular formula is C16H14N2O3. The summed E-state index contributed by atoms with van der Waals surface area (Å²) in [5, 5.41) is 9.00. The molecule has 0 aliphatic heterocycles. The number of aryl methyl sites for hydroxylation is 2. The number of carboxylic acids is 1. The zero-order valence-electron chi connectivity index (χ0n) is 11.7. The van der Waals surface area contributed by atoms with Crippen LogP contribution in [-0.2, 0) is 0 Å². The molecule has 0 atom stereocenters. The highest BCUT2D eigenvalue weighted by Crippen LogP contribution is 2.20. The van der Waals surface area contributed by atoms with E-state index >= 15 is 0 Å². The van der Waals surface area contributed by atoms with Gasteiger partial charge in [-0.25, -0.2) is 4.79 Å².